The van der Waals surface area contributed by atoms with Gasteiger partial charge in [-0.2, -0.15) is 0 Å². The first-order valence-electron chi connectivity index (χ1n) is 11.8. The molecule has 6 nitrogen and oxygen atoms in total. The molecule has 0 radical (unpaired) electrons. The van der Waals surface area contributed by atoms with Crippen molar-refractivity contribution in [1.29, 1.82) is 0 Å². The highest BCUT2D eigenvalue weighted by molar-refractivity contribution is 5.73. The SMILES string of the molecule is O=C(OCCCCCCCCCOC(=O)C1CCC2O[C@@H]2C1)C1CCC2OC2C1. The molecule has 0 aromatic carbocycles. The van der Waals surface area contributed by atoms with E-state index in [9.17, 15) is 9.59 Å². The number of epoxide rings is 2. The lowest BCUT2D eigenvalue weighted by Gasteiger charge is -2.17. The van der Waals surface area contributed by atoms with Gasteiger partial charge in [0, 0.05) is 0 Å². The largest absolute Gasteiger partial charge is 0.465 e. The second-order valence-corrected chi connectivity index (χ2v) is 9.26. The normalized spacial score (nSPS) is 34.6. The van der Waals surface area contributed by atoms with Crippen LogP contribution in [0.2, 0.25) is 0 Å². The number of ether oxygens (including phenoxy) is 4. The lowest BCUT2D eigenvalue weighted by Crippen LogP contribution is -2.24. The highest BCUT2D eigenvalue weighted by atomic mass is 16.6. The Morgan fingerprint density at radius 1 is 0.586 bits per heavy atom. The summed E-state index contributed by atoms with van der Waals surface area (Å²) < 4.78 is 21.8. The van der Waals surface area contributed by atoms with E-state index in [1.807, 2.05) is 0 Å². The fourth-order valence-electron chi connectivity index (χ4n) is 4.91. The maximum Gasteiger partial charge on any atom is 0.309 e. The average Bonchev–Trinajstić information content (AvgIpc) is 3.64. The fourth-order valence-corrected chi connectivity index (χ4v) is 4.91. The zero-order valence-corrected chi connectivity index (χ0v) is 17.5. The smallest absolute Gasteiger partial charge is 0.309 e. The molecule has 2 aliphatic carbocycles. The predicted molar refractivity (Wildman–Crippen MR) is 106 cm³/mol. The lowest BCUT2D eigenvalue weighted by molar-refractivity contribution is -0.150. The van der Waals surface area contributed by atoms with Gasteiger partial charge < -0.3 is 18.9 Å². The second kappa shape index (κ2) is 10.3. The van der Waals surface area contributed by atoms with E-state index < -0.39 is 0 Å². The fraction of sp³-hybridized carbons (Fsp3) is 0.913. The first-order chi connectivity index (χ1) is 14.2. The maximum atomic E-state index is 12.0. The van der Waals surface area contributed by atoms with Gasteiger partial charge in [-0.15, -0.1) is 0 Å². The monoisotopic (exact) mass is 408 g/mol. The molecule has 5 unspecified atom stereocenters. The number of fused-ring (bicyclic) bond motifs is 2. The van der Waals surface area contributed by atoms with Crippen LogP contribution < -0.4 is 0 Å². The van der Waals surface area contributed by atoms with Crippen LogP contribution >= 0.6 is 0 Å². The summed E-state index contributed by atoms with van der Waals surface area (Å²) in [7, 11) is 0. The molecule has 4 fully saturated rings. The molecule has 6 atom stereocenters. The zero-order chi connectivity index (χ0) is 20.1. The number of esters is 2. The molecule has 164 valence electrons. The van der Waals surface area contributed by atoms with Crippen molar-refractivity contribution >= 4 is 11.9 Å². The summed E-state index contributed by atoms with van der Waals surface area (Å²) in [6.45, 7) is 1.10. The molecular formula is C23H36O6. The van der Waals surface area contributed by atoms with Crippen molar-refractivity contribution in [3.05, 3.63) is 0 Å². The average molecular weight is 409 g/mol. The van der Waals surface area contributed by atoms with Crippen molar-refractivity contribution in [3.63, 3.8) is 0 Å². The first-order valence-corrected chi connectivity index (χ1v) is 11.8. The molecule has 0 bridgehead atoms. The molecule has 29 heavy (non-hydrogen) atoms. The molecule has 2 saturated heterocycles. The van der Waals surface area contributed by atoms with Crippen LogP contribution in [0.5, 0.6) is 0 Å². The molecule has 0 amide bonds. The van der Waals surface area contributed by atoms with Crippen LogP contribution in [0.3, 0.4) is 0 Å². The third-order valence-electron chi connectivity index (χ3n) is 6.95. The van der Waals surface area contributed by atoms with Crippen molar-refractivity contribution in [3.8, 4) is 0 Å². The Hall–Kier alpha value is -1.14. The van der Waals surface area contributed by atoms with E-state index in [2.05, 4.69) is 0 Å². The Morgan fingerprint density at radius 2 is 1.00 bits per heavy atom. The Balaban J connectivity index is 0.910. The van der Waals surface area contributed by atoms with Gasteiger partial charge in [-0.3, -0.25) is 9.59 Å². The number of carbonyl (C=O) groups excluding carboxylic acids is 2. The summed E-state index contributed by atoms with van der Waals surface area (Å²) in [5.41, 5.74) is 0. The number of hydrogen-bond acceptors (Lipinski definition) is 6. The molecule has 0 aromatic rings. The molecule has 2 aliphatic heterocycles. The second-order valence-electron chi connectivity index (χ2n) is 9.26. The standard InChI is InChI=1S/C23H36O6/c24-22(16-8-10-18-20(14-16)28-18)26-12-6-4-2-1-3-5-7-13-27-23(25)17-9-11-19-21(15-17)29-19/h16-21H,1-15H2/t16?,17?,18?,19?,20-,21?/m1/s1. The Labute approximate surface area is 174 Å². The molecule has 4 rings (SSSR count). The molecular weight excluding hydrogens is 372 g/mol. The molecule has 0 N–H and O–H groups in total. The van der Waals surface area contributed by atoms with Crippen molar-refractivity contribution in [1.82, 2.24) is 0 Å². The van der Waals surface area contributed by atoms with E-state index in [-0.39, 0.29) is 23.8 Å². The van der Waals surface area contributed by atoms with Crippen molar-refractivity contribution in [2.75, 3.05) is 13.2 Å². The predicted octanol–water partition coefficient (Wildman–Crippen LogP) is 3.94. The summed E-state index contributed by atoms with van der Waals surface area (Å²) >= 11 is 0. The molecule has 2 heterocycles. The summed E-state index contributed by atoms with van der Waals surface area (Å²) in [6, 6.07) is 0. The summed E-state index contributed by atoms with van der Waals surface area (Å²) in [4.78, 5) is 24.1. The van der Waals surface area contributed by atoms with Gasteiger partial charge in [-0.05, 0) is 51.4 Å². The van der Waals surface area contributed by atoms with Crippen LogP contribution in [-0.2, 0) is 28.5 Å². The van der Waals surface area contributed by atoms with E-state index in [0.717, 1.165) is 64.2 Å². The third kappa shape index (κ3) is 6.42. The van der Waals surface area contributed by atoms with E-state index in [0.29, 0.717) is 37.6 Å². The van der Waals surface area contributed by atoms with Crippen LogP contribution in [0.4, 0.5) is 0 Å². The quantitative estimate of drug-likeness (QED) is 0.277. The van der Waals surface area contributed by atoms with Gasteiger partial charge in [0.25, 0.3) is 0 Å². The van der Waals surface area contributed by atoms with Crippen LogP contribution in [0.1, 0.15) is 83.5 Å². The van der Waals surface area contributed by atoms with Gasteiger partial charge in [-0.25, -0.2) is 0 Å². The minimum Gasteiger partial charge on any atom is -0.465 e. The van der Waals surface area contributed by atoms with Crippen LogP contribution in [-0.4, -0.2) is 49.6 Å². The van der Waals surface area contributed by atoms with E-state index in [1.165, 1.54) is 19.3 Å². The van der Waals surface area contributed by atoms with Crippen molar-refractivity contribution < 1.29 is 28.5 Å². The Kier molecular flexibility index (Phi) is 7.46. The summed E-state index contributed by atoms with van der Waals surface area (Å²) in [5.74, 6) is 0.0761. The topological polar surface area (TPSA) is 77.7 Å². The third-order valence-corrected chi connectivity index (χ3v) is 6.95. The molecule has 0 spiro atoms. The van der Waals surface area contributed by atoms with E-state index in [1.54, 1.807) is 0 Å². The van der Waals surface area contributed by atoms with Crippen LogP contribution in [0, 0.1) is 11.8 Å². The van der Waals surface area contributed by atoms with Gasteiger partial charge in [-0.1, -0.05) is 32.1 Å². The van der Waals surface area contributed by atoms with Gasteiger partial charge in [0.1, 0.15) is 0 Å². The Morgan fingerprint density at radius 3 is 1.41 bits per heavy atom. The number of carbonyl (C=O) groups is 2. The minimum atomic E-state index is -0.0220. The van der Waals surface area contributed by atoms with Crippen molar-refractivity contribution in [2.45, 2.75) is 108 Å². The highest BCUT2D eigenvalue weighted by Gasteiger charge is 2.46. The summed E-state index contributed by atoms with van der Waals surface area (Å²) in [5, 5.41) is 0. The molecule has 6 heteroatoms. The van der Waals surface area contributed by atoms with Crippen LogP contribution in [0.15, 0.2) is 0 Å². The van der Waals surface area contributed by atoms with Crippen LogP contribution in [0.25, 0.3) is 0 Å². The zero-order valence-electron chi connectivity index (χ0n) is 17.5. The number of hydrogen-bond donors (Lipinski definition) is 0. The van der Waals surface area contributed by atoms with E-state index >= 15 is 0 Å². The minimum absolute atomic E-state index is 0.0220. The molecule has 0 aromatic heterocycles. The van der Waals surface area contributed by atoms with Gasteiger partial charge in [0.15, 0.2) is 0 Å². The maximum absolute atomic E-state index is 12.0. The first kappa shape index (κ1) is 21.1. The Bertz CT molecular complexity index is 516. The van der Waals surface area contributed by atoms with Gasteiger partial charge in [0.05, 0.1) is 49.5 Å². The van der Waals surface area contributed by atoms with Gasteiger partial charge in [0.2, 0.25) is 0 Å². The van der Waals surface area contributed by atoms with Crippen molar-refractivity contribution in [2.24, 2.45) is 11.8 Å². The molecule has 4 aliphatic rings. The van der Waals surface area contributed by atoms with Gasteiger partial charge >= 0.3 is 11.9 Å². The number of unbranched alkanes of at least 4 members (excludes halogenated alkanes) is 6. The summed E-state index contributed by atoms with van der Waals surface area (Å²) in [6.07, 6.45) is 14.7. The lowest BCUT2D eigenvalue weighted by atomic mass is 9.89. The highest BCUT2D eigenvalue weighted by Crippen LogP contribution is 2.40. The van der Waals surface area contributed by atoms with E-state index in [4.69, 9.17) is 18.9 Å². The number of rotatable bonds is 12. The molecule has 2 saturated carbocycles.